The molecule has 1 atom stereocenters. The minimum Gasteiger partial charge on any atom is -0.481 e. The molecule has 0 bridgehead atoms. The summed E-state index contributed by atoms with van der Waals surface area (Å²) in [7, 11) is 0. The molecular formula is C22H24FNO3. The van der Waals surface area contributed by atoms with E-state index < -0.39 is 17.3 Å². The lowest BCUT2D eigenvalue weighted by atomic mass is 9.94. The van der Waals surface area contributed by atoms with Gasteiger partial charge in [-0.25, -0.2) is 4.39 Å². The van der Waals surface area contributed by atoms with E-state index in [1.807, 2.05) is 31.2 Å². The molecule has 3 rings (SSSR count). The Balaban J connectivity index is 1.61. The fourth-order valence-corrected chi connectivity index (χ4v) is 3.42. The Kier molecular flexibility index (Phi) is 5.59. The number of aliphatic carboxylic acids is 1. The second-order valence-corrected chi connectivity index (χ2v) is 7.49. The van der Waals surface area contributed by atoms with Gasteiger partial charge in [0.15, 0.2) is 0 Å². The highest BCUT2D eigenvalue weighted by Crippen LogP contribution is 2.48. The van der Waals surface area contributed by atoms with Crippen LogP contribution in [0.15, 0.2) is 48.5 Å². The van der Waals surface area contributed by atoms with Gasteiger partial charge in [-0.05, 0) is 49.8 Å². The van der Waals surface area contributed by atoms with Crippen molar-refractivity contribution in [2.45, 2.75) is 32.6 Å². The van der Waals surface area contributed by atoms with E-state index in [2.05, 4.69) is 5.32 Å². The molecule has 5 heteroatoms. The lowest BCUT2D eigenvalue weighted by Gasteiger charge is -2.19. The molecule has 2 aromatic rings. The van der Waals surface area contributed by atoms with E-state index in [1.54, 1.807) is 18.2 Å². The van der Waals surface area contributed by atoms with Crippen LogP contribution in [0.25, 0.3) is 0 Å². The summed E-state index contributed by atoms with van der Waals surface area (Å²) in [6.45, 7) is 2.03. The Morgan fingerprint density at radius 3 is 2.56 bits per heavy atom. The van der Waals surface area contributed by atoms with Crippen molar-refractivity contribution >= 4 is 11.9 Å². The number of halogens is 1. The number of carbonyl (C=O) groups is 2. The first kappa shape index (κ1) is 19.1. The average Bonchev–Trinajstić information content (AvgIpc) is 3.41. The van der Waals surface area contributed by atoms with E-state index in [4.69, 9.17) is 0 Å². The van der Waals surface area contributed by atoms with Crippen LogP contribution in [0.4, 0.5) is 4.39 Å². The van der Waals surface area contributed by atoms with Crippen LogP contribution in [-0.2, 0) is 22.4 Å². The number of hydrogen-bond donors (Lipinski definition) is 2. The van der Waals surface area contributed by atoms with Crippen molar-refractivity contribution in [3.05, 3.63) is 71.0 Å². The molecule has 1 fully saturated rings. The van der Waals surface area contributed by atoms with Gasteiger partial charge in [0.2, 0.25) is 5.91 Å². The second-order valence-electron chi connectivity index (χ2n) is 7.49. The Bertz CT molecular complexity index is 845. The molecule has 1 aliphatic rings. The van der Waals surface area contributed by atoms with Crippen LogP contribution in [0, 0.1) is 24.1 Å². The zero-order chi connectivity index (χ0) is 19.4. The van der Waals surface area contributed by atoms with Gasteiger partial charge in [0, 0.05) is 6.54 Å². The molecule has 0 heterocycles. The van der Waals surface area contributed by atoms with Crippen molar-refractivity contribution in [2.75, 3.05) is 6.54 Å². The maximum atomic E-state index is 13.9. The minimum absolute atomic E-state index is 0.0706. The SMILES string of the molecule is Cc1cccc(CC(CNC(=O)C2(Cc3ccccc3F)CC2)C(=O)O)c1. The molecule has 142 valence electrons. The predicted octanol–water partition coefficient (Wildman–Crippen LogP) is 3.52. The fourth-order valence-electron chi connectivity index (χ4n) is 3.42. The summed E-state index contributed by atoms with van der Waals surface area (Å²) in [5.74, 6) is -2.11. The largest absolute Gasteiger partial charge is 0.481 e. The van der Waals surface area contributed by atoms with Crippen LogP contribution in [0.1, 0.15) is 29.5 Å². The van der Waals surface area contributed by atoms with Crippen molar-refractivity contribution in [1.29, 1.82) is 0 Å². The summed E-state index contributed by atoms with van der Waals surface area (Å²) in [6, 6.07) is 14.2. The summed E-state index contributed by atoms with van der Waals surface area (Å²) in [6.07, 6.45) is 2.10. The van der Waals surface area contributed by atoms with Gasteiger partial charge in [-0.15, -0.1) is 0 Å². The van der Waals surface area contributed by atoms with Crippen molar-refractivity contribution in [3.63, 3.8) is 0 Å². The summed E-state index contributed by atoms with van der Waals surface area (Å²) in [5.41, 5.74) is 1.93. The second kappa shape index (κ2) is 7.91. The van der Waals surface area contributed by atoms with Crippen LogP contribution in [-0.4, -0.2) is 23.5 Å². The van der Waals surface area contributed by atoms with Crippen LogP contribution < -0.4 is 5.32 Å². The van der Waals surface area contributed by atoms with Crippen molar-refractivity contribution in [3.8, 4) is 0 Å². The highest BCUT2D eigenvalue weighted by Gasteiger charge is 2.50. The summed E-state index contributed by atoms with van der Waals surface area (Å²) >= 11 is 0. The van der Waals surface area contributed by atoms with Gasteiger partial charge in [0.05, 0.1) is 11.3 Å². The normalized spacial score (nSPS) is 15.8. The molecule has 1 aliphatic carbocycles. The first-order chi connectivity index (χ1) is 12.9. The average molecular weight is 369 g/mol. The standard InChI is InChI=1S/C22H24FNO3/c1-15-5-4-6-16(11-15)12-18(20(25)26)14-24-21(27)22(9-10-22)13-17-7-2-3-8-19(17)23/h2-8,11,18H,9-10,12-14H2,1H3,(H,24,27)(H,25,26). The number of carboxylic acid groups (broad SMARTS) is 1. The van der Waals surface area contributed by atoms with Gasteiger partial charge >= 0.3 is 5.97 Å². The lowest BCUT2D eigenvalue weighted by molar-refractivity contribution is -0.141. The van der Waals surface area contributed by atoms with Gasteiger partial charge in [0.1, 0.15) is 5.82 Å². The predicted molar refractivity (Wildman–Crippen MR) is 101 cm³/mol. The first-order valence-electron chi connectivity index (χ1n) is 9.20. The molecule has 1 saturated carbocycles. The van der Waals surface area contributed by atoms with Gasteiger partial charge in [-0.3, -0.25) is 9.59 Å². The molecule has 0 saturated heterocycles. The molecule has 1 unspecified atom stereocenters. The molecule has 4 nitrogen and oxygen atoms in total. The Morgan fingerprint density at radius 1 is 1.19 bits per heavy atom. The van der Waals surface area contributed by atoms with E-state index in [9.17, 15) is 19.1 Å². The third-order valence-corrected chi connectivity index (χ3v) is 5.24. The number of rotatable bonds is 8. The number of benzene rings is 2. The van der Waals surface area contributed by atoms with Crippen LogP contribution in [0.5, 0.6) is 0 Å². The number of hydrogen-bond acceptors (Lipinski definition) is 2. The van der Waals surface area contributed by atoms with Crippen LogP contribution >= 0.6 is 0 Å². The number of aryl methyl sites for hydroxylation is 1. The summed E-state index contributed by atoms with van der Waals surface area (Å²) in [5, 5.41) is 12.3. The third-order valence-electron chi connectivity index (χ3n) is 5.24. The van der Waals surface area contributed by atoms with Gasteiger partial charge in [0.25, 0.3) is 0 Å². The minimum atomic E-state index is -0.934. The summed E-state index contributed by atoms with van der Waals surface area (Å²) in [4.78, 5) is 24.3. The van der Waals surface area contributed by atoms with E-state index in [0.29, 0.717) is 31.2 Å². The number of carboxylic acids is 1. The number of nitrogens with one attached hydrogen (secondary N) is 1. The van der Waals surface area contributed by atoms with Crippen molar-refractivity contribution < 1.29 is 19.1 Å². The third kappa shape index (κ3) is 4.73. The number of amides is 1. The fraction of sp³-hybridized carbons (Fsp3) is 0.364. The maximum Gasteiger partial charge on any atom is 0.308 e. The Hall–Kier alpha value is -2.69. The van der Waals surface area contributed by atoms with Crippen LogP contribution in [0.3, 0.4) is 0 Å². The molecular weight excluding hydrogens is 345 g/mol. The van der Waals surface area contributed by atoms with Crippen molar-refractivity contribution in [1.82, 2.24) is 5.32 Å². The zero-order valence-corrected chi connectivity index (χ0v) is 15.4. The molecule has 2 aromatic carbocycles. The topological polar surface area (TPSA) is 66.4 Å². The molecule has 2 N–H and O–H groups in total. The quantitative estimate of drug-likeness (QED) is 0.748. The summed E-state index contributed by atoms with van der Waals surface area (Å²) < 4.78 is 13.9. The smallest absolute Gasteiger partial charge is 0.308 e. The molecule has 0 spiro atoms. The Labute approximate surface area is 158 Å². The molecule has 0 aliphatic heterocycles. The maximum absolute atomic E-state index is 13.9. The lowest BCUT2D eigenvalue weighted by Crippen LogP contribution is -2.39. The zero-order valence-electron chi connectivity index (χ0n) is 15.4. The molecule has 27 heavy (non-hydrogen) atoms. The van der Waals surface area contributed by atoms with E-state index in [-0.39, 0.29) is 18.3 Å². The molecule has 0 aromatic heterocycles. The Morgan fingerprint density at radius 2 is 1.93 bits per heavy atom. The first-order valence-corrected chi connectivity index (χ1v) is 9.20. The van der Waals surface area contributed by atoms with Gasteiger partial charge in [-0.1, -0.05) is 48.0 Å². The van der Waals surface area contributed by atoms with E-state index in [0.717, 1.165) is 11.1 Å². The van der Waals surface area contributed by atoms with Crippen LogP contribution in [0.2, 0.25) is 0 Å². The van der Waals surface area contributed by atoms with Gasteiger partial charge < -0.3 is 10.4 Å². The van der Waals surface area contributed by atoms with E-state index in [1.165, 1.54) is 6.07 Å². The highest BCUT2D eigenvalue weighted by molar-refractivity contribution is 5.86. The van der Waals surface area contributed by atoms with Gasteiger partial charge in [-0.2, -0.15) is 0 Å². The highest BCUT2D eigenvalue weighted by atomic mass is 19.1. The van der Waals surface area contributed by atoms with Crippen molar-refractivity contribution in [2.24, 2.45) is 11.3 Å². The number of carbonyl (C=O) groups excluding carboxylic acids is 1. The molecule has 0 radical (unpaired) electrons. The molecule has 1 amide bonds. The van der Waals surface area contributed by atoms with E-state index >= 15 is 0 Å². The monoisotopic (exact) mass is 369 g/mol.